The minimum Gasteiger partial charge on any atom is -0.490 e. The molecule has 51 heavy (non-hydrogen) atoms. The van der Waals surface area contributed by atoms with Gasteiger partial charge in [-0.2, -0.15) is 9.61 Å². The fraction of sp³-hybridized carbons (Fsp3) is 0.415. The van der Waals surface area contributed by atoms with Crippen LogP contribution in [0.25, 0.3) is 32.9 Å². The topological polar surface area (TPSA) is 91.8 Å². The predicted octanol–water partition coefficient (Wildman–Crippen LogP) is 8.86. The molecule has 10 nitrogen and oxygen atoms in total. The Hall–Kier alpha value is -4.98. The first-order valence-corrected chi connectivity index (χ1v) is 17.4. The van der Waals surface area contributed by atoms with Gasteiger partial charge in [-0.15, -0.1) is 13.2 Å². The van der Waals surface area contributed by atoms with E-state index in [0.717, 1.165) is 35.3 Å². The Bertz CT molecular complexity index is 1940. The number of fused-ring (bicyclic) bond motifs is 1. The van der Waals surface area contributed by atoms with E-state index in [4.69, 9.17) is 35.6 Å². The van der Waals surface area contributed by atoms with Crippen molar-refractivity contribution < 1.29 is 23.7 Å². The van der Waals surface area contributed by atoms with E-state index in [2.05, 4.69) is 29.8 Å². The smallest absolute Gasteiger partial charge is 0.339 e. The summed E-state index contributed by atoms with van der Waals surface area (Å²) in [6.07, 6.45) is 4.72. The summed E-state index contributed by atoms with van der Waals surface area (Å²) in [7, 11) is 1.37. The number of piperidine rings is 1. The zero-order valence-corrected chi connectivity index (χ0v) is 30.9. The van der Waals surface area contributed by atoms with E-state index in [1.807, 2.05) is 87.7 Å². The van der Waals surface area contributed by atoms with Gasteiger partial charge in [-0.1, -0.05) is 36.4 Å². The minimum atomic E-state index is -1.03. The number of aromatic nitrogens is 3. The lowest BCUT2D eigenvalue weighted by Gasteiger charge is -2.41. The first kappa shape index (κ1) is 37.3. The van der Waals surface area contributed by atoms with Gasteiger partial charge in [0.05, 0.1) is 48.9 Å². The maximum Gasteiger partial charge on any atom is 0.339 e. The maximum absolute atomic E-state index is 13.4. The van der Waals surface area contributed by atoms with Crippen LogP contribution in [0.15, 0.2) is 73.8 Å². The van der Waals surface area contributed by atoms with Crippen molar-refractivity contribution in [3.8, 4) is 28.1 Å². The number of nitrogens with zero attached hydrogens (tertiary/aromatic N) is 5. The Labute approximate surface area is 301 Å². The Morgan fingerprint density at radius 2 is 1.82 bits per heavy atom. The highest BCUT2D eigenvalue weighted by Gasteiger charge is 2.38. The molecule has 1 aliphatic rings. The van der Waals surface area contributed by atoms with Crippen molar-refractivity contribution in [2.45, 2.75) is 84.2 Å². The number of methoxy groups -OCH3 is 1. The van der Waals surface area contributed by atoms with Gasteiger partial charge in [0.15, 0.2) is 17.4 Å². The highest BCUT2D eigenvalue weighted by molar-refractivity contribution is 5.81. The summed E-state index contributed by atoms with van der Waals surface area (Å²) in [5.74, 6) is 0.922. The van der Waals surface area contributed by atoms with Crippen molar-refractivity contribution in [1.82, 2.24) is 14.6 Å². The predicted molar refractivity (Wildman–Crippen MR) is 201 cm³/mol. The molecule has 0 amide bonds. The van der Waals surface area contributed by atoms with Crippen molar-refractivity contribution in [2.24, 2.45) is 0 Å². The number of rotatable bonds is 13. The highest BCUT2D eigenvalue weighted by atomic mass is 16.6. The van der Waals surface area contributed by atoms with E-state index in [1.54, 1.807) is 12.1 Å². The standard InChI is InChI=1S/C41H49N5O5/c1-11-14-27(3)50-34-18-17-31(42-9)25-32(34)29-15-13-16-30(24-29)33-26-35-43-28(4)36(37(39(47)48-10)51-40(5,6)7)38(46(35)44-33)45-21-19-41(8,20-22-45)49-23-12-2/h11-13,15-18,24-27,37H,1-2,14,19-23H2,3-8,10H3/t27-,37-/m0/s1. The Balaban J connectivity index is 1.65. The van der Waals surface area contributed by atoms with E-state index < -0.39 is 17.7 Å². The van der Waals surface area contributed by atoms with E-state index in [-0.39, 0.29) is 11.7 Å². The van der Waals surface area contributed by atoms with Gasteiger partial charge in [-0.05, 0) is 78.1 Å². The molecule has 10 heteroatoms. The quantitative estimate of drug-likeness (QED) is 0.0780. The van der Waals surface area contributed by atoms with Crippen molar-refractivity contribution in [3.05, 3.63) is 96.5 Å². The van der Waals surface area contributed by atoms with Gasteiger partial charge in [0, 0.05) is 42.4 Å². The lowest BCUT2D eigenvalue weighted by molar-refractivity contribution is -0.164. The number of esters is 1. The summed E-state index contributed by atoms with van der Waals surface area (Å²) in [6, 6.07) is 15.5. The third kappa shape index (κ3) is 8.50. The number of aryl methyl sites for hydroxylation is 1. The van der Waals surface area contributed by atoms with Crippen LogP contribution in [0, 0.1) is 13.5 Å². The van der Waals surface area contributed by atoms with Crippen LogP contribution in [0.2, 0.25) is 0 Å². The van der Waals surface area contributed by atoms with Crippen molar-refractivity contribution in [3.63, 3.8) is 0 Å². The molecular formula is C41H49N5O5. The molecule has 0 bridgehead atoms. The average Bonchev–Trinajstić information content (AvgIpc) is 3.53. The normalized spacial score (nSPS) is 15.5. The number of anilines is 1. The molecule has 2 aromatic carbocycles. The van der Waals surface area contributed by atoms with Crippen LogP contribution in [-0.4, -0.2) is 64.7 Å². The second-order valence-electron chi connectivity index (χ2n) is 14.2. The molecule has 3 heterocycles. The van der Waals surface area contributed by atoms with Crippen molar-refractivity contribution in [1.29, 1.82) is 0 Å². The number of carbonyl (C=O) groups excluding carboxylic acids is 1. The van der Waals surface area contributed by atoms with Crippen LogP contribution in [0.4, 0.5) is 11.5 Å². The van der Waals surface area contributed by atoms with E-state index in [0.29, 0.717) is 60.2 Å². The summed E-state index contributed by atoms with van der Waals surface area (Å²) in [5, 5.41) is 5.14. The fourth-order valence-electron chi connectivity index (χ4n) is 6.41. The summed E-state index contributed by atoms with van der Waals surface area (Å²) < 4.78 is 26.0. The van der Waals surface area contributed by atoms with Gasteiger partial charge in [-0.25, -0.2) is 14.6 Å². The first-order chi connectivity index (χ1) is 24.3. The van der Waals surface area contributed by atoms with Gasteiger partial charge in [-0.3, -0.25) is 0 Å². The van der Waals surface area contributed by atoms with Crippen LogP contribution < -0.4 is 9.64 Å². The van der Waals surface area contributed by atoms with Crippen LogP contribution in [-0.2, 0) is 19.0 Å². The molecule has 5 rings (SSSR count). The first-order valence-electron chi connectivity index (χ1n) is 17.4. The molecule has 2 aromatic heterocycles. The molecule has 4 aromatic rings. The lowest BCUT2D eigenvalue weighted by atomic mass is 9.92. The van der Waals surface area contributed by atoms with Gasteiger partial charge >= 0.3 is 5.97 Å². The largest absolute Gasteiger partial charge is 0.490 e. The monoisotopic (exact) mass is 691 g/mol. The highest BCUT2D eigenvalue weighted by Crippen LogP contribution is 2.40. The number of benzene rings is 2. The van der Waals surface area contributed by atoms with Gasteiger partial charge < -0.3 is 23.8 Å². The minimum absolute atomic E-state index is 0.0825. The van der Waals surface area contributed by atoms with E-state index in [9.17, 15) is 4.79 Å². The molecule has 0 unspecified atom stereocenters. The molecular weight excluding hydrogens is 642 g/mol. The molecule has 1 fully saturated rings. The zero-order chi connectivity index (χ0) is 36.9. The summed E-state index contributed by atoms with van der Waals surface area (Å²) in [4.78, 5) is 24.3. The molecule has 1 saturated heterocycles. The third-order valence-corrected chi connectivity index (χ3v) is 9.01. The van der Waals surface area contributed by atoms with Crippen LogP contribution >= 0.6 is 0 Å². The van der Waals surface area contributed by atoms with Gasteiger partial charge in [0.25, 0.3) is 0 Å². The second kappa shape index (κ2) is 15.5. The fourth-order valence-corrected chi connectivity index (χ4v) is 6.41. The van der Waals surface area contributed by atoms with Crippen molar-refractivity contribution in [2.75, 3.05) is 31.7 Å². The summed E-state index contributed by atoms with van der Waals surface area (Å²) >= 11 is 0. The lowest BCUT2D eigenvalue weighted by Crippen LogP contribution is -2.45. The molecule has 0 saturated carbocycles. The molecule has 2 atom stereocenters. The maximum atomic E-state index is 13.4. The van der Waals surface area contributed by atoms with Gasteiger partial charge in [0.1, 0.15) is 11.6 Å². The number of hydrogen-bond acceptors (Lipinski definition) is 8. The second-order valence-corrected chi connectivity index (χ2v) is 14.2. The molecule has 0 N–H and O–H groups in total. The summed E-state index contributed by atoms with van der Waals surface area (Å²) in [5.41, 5.74) is 4.75. The number of hydrogen-bond donors (Lipinski definition) is 0. The molecule has 0 radical (unpaired) electrons. The number of ether oxygens (including phenoxy) is 4. The van der Waals surface area contributed by atoms with Crippen LogP contribution in [0.5, 0.6) is 5.75 Å². The Morgan fingerprint density at radius 3 is 2.47 bits per heavy atom. The molecule has 0 spiro atoms. The Morgan fingerprint density at radius 1 is 1.10 bits per heavy atom. The molecule has 0 aliphatic carbocycles. The molecule has 1 aliphatic heterocycles. The Kier molecular flexibility index (Phi) is 11.3. The summed E-state index contributed by atoms with van der Waals surface area (Å²) in [6.45, 7) is 28.9. The van der Waals surface area contributed by atoms with E-state index >= 15 is 0 Å². The van der Waals surface area contributed by atoms with E-state index in [1.165, 1.54) is 7.11 Å². The SMILES string of the molecule is [C-]#[N+]c1ccc(O[C@@H](C)CC=C)c(-c2cccc(-c3cc4nc(C)c([C@H](OC(C)(C)C)C(=O)OC)c(N5CCC(C)(OCC=C)CC5)n4n3)c2)c1. The average molecular weight is 692 g/mol. The van der Waals surface area contributed by atoms with Crippen LogP contribution in [0.1, 0.15) is 71.2 Å². The third-order valence-electron chi connectivity index (χ3n) is 9.01. The van der Waals surface area contributed by atoms with Gasteiger partial charge in [0.2, 0.25) is 0 Å². The van der Waals surface area contributed by atoms with Crippen molar-refractivity contribution >= 4 is 23.1 Å². The number of carbonyl (C=O) groups is 1. The van der Waals surface area contributed by atoms with Crippen LogP contribution in [0.3, 0.4) is 0 Å². The zero-order valence-electron chi connectivity index (χ0n) is 30.9. The molecule has 268 valence electrons.